The molecule has 0 spiro atoms. The lowest BCUT2D eigenvalue weighted by Crippen LogP contribution is -2.41. The molecule has 2 saturated heterocycles. The highest BCUT2D eigenvalue weighted by Gasteiger charge is 2.23. The first-order chi connectivity index (χ1) is 10.2. The Balaban J connectivity index is 1.67. The summed E-state index contributed by atoms with van der Waals surface area (Å²) in [6.45, 7) is 4.64. The van der Waals surface area contributed by atoms with Crippen LogP contribution in [0, 0.1) is 0 Å². The molecule has 1 aromatic heterocycles. The second-order valence-corrected chi connectivity index (χ2v) is 5.83. The summed E-state index contributed by atoms with van der Waals surface area (Å²) >= 11 is 0. The molecule has 21 heavy (non-hydrogen) atoms. The first kappa shape index (κ1) is 14.4. The zero-order valence-electron chi connectivity index (χ0n) is 12.5. The number of morpholine rings is 1. The van der Waals surface area contributed by atoms with Crippen molar-refractivity contribution in [3.8, 4) is 0 Å². The van der Waals surface area contributed by atoms with Crippen LogP contribution in [-0.4, -0.2) is 72.1 Å². The van der Waals surface area contributed by atoms with Crippen LogP contribution in [0.15, 0.2) is 12.4 Å². The van der Waals surface area contributed by atoms with Crippen LogP contribution in [0.3, 0.4) is 0 Å². The minimum Gasteiger partial charge on any atom is -0.378 e. The Kier molecular flexibility index (Phi) is 4.45. The number of piperidine rings is 1. The number of nitrogens with zero attached hydrogens (tertiary/aromatic N) is 4. The van der Waals surface area contributed by atoms with Gasteiger partial charge in [-0.1, -0.05) is 0 Å². The number of ether oxygens (including phenoxy) is 1. The quantitative estimate of drug-likeness (QED) is 0.805. The molecule has 2 aliphatic rings. The first-order valence-electron chi connectivity index (χ1n) is 7.61. The molecule has 0 bridgehead atoms. The molecular formula is C15H22N4O2. The number of carbonyl (C=O) groups is 1. The van der Waals surface area contributed by atoms with Gasteiger partial charge in [0.2, 0.25) is 0 Å². The van der Waals surface area contributed by atoms with E-state index >= 15 is 0 Å². The van der Waals surface area contributed by atoms with E-state index in [0.717, 1.165) is 25.2 Å². The standard InChI is InChI=1S/C15H22N4O2/c1-18-4-2-3-12(11-18)13-9-17-14(10-16-13)15(20)19-5-7-21-8-6-19/h9-10,12H,2-8,11H2,1H3/t12-/m1/s1. The maximum Gasteiger partial charge on any atom is 0.274 e. The third kappa shape index (κ3) is 3.39. The van der Waals surface area contributed by atoms with Crippen molar-refractivity contribution in [1.82, 2.24) is 19.8 Å². The number of carbonyl (C=O) groups excluding carboxylic acids is 1. The van der Waals surface area contributed by atoms with Crippen LogP contribution in [0.1, 0.15) is 34.9 Å². The number of likely N-dealkylation sites (N-methyl/N-ethyl adjacent to an activating group) is 1. The monoisotopic (exact) mass is 290 g/mol. The summed E-state index contributed by atoms with van der Waals surface area (Å²) in [5, 5.41) is 0. The lowest BCUT2D eigenvalue weighted by atomic mass is 9.95. The van der Waals surface area contributed by atoms with Crippen LogP contribution in [0.4, 0.5) is 0 Å². The highest BCUT2D eigenvalue weighted by molar-refractivity contribution is 5.92. The zero-order chi connectivity index (χ0) is 14.7. The molecule has 0 N–H and O–H groups in total. The predicted molar refractivity (Wildman–Crippen MR) is 78.2 cm³/mol. The Bertz CT molecular complexity index is 485. The van der Waals surface area contributed by atoms with Crippen molar-refractivity contribution in [3.05, 3.63) is 23.8 Å². The Morgan fingerprint density at radius 3 is 2.71 bits per heavy atom. The zero-order valence-corrected chi connectivity index (χ0v) is 12.5. The molecule has 6 nitrogen and oxygen atoms in total. The van der Waals surface area contributed by atoms with Gasteiger partial charge in [0.05, 0.1) is 25.1 Å². The number of amides is 1. The van der Waals surface area contributed by atoms with Crippen LogP contribution in [0.5, 0.6) is 0 Å². The van der Waals surface area contributed by atoms with Crippen molar-refractivity contribution in [2.45, 2.75) is 18.8 Å². The van der Waals surface area contributed by atoms with Gasteiger partial charge in [0.1, 0.15) is 5.69 Å². The Morgan fingerprint density at radius 2 is 2.05 bits per heavy atom. The highest BCUT2D eigenvalue weighted by atomic mass is 16.5. The molecular weight excluding hydrogens is 268 g/mol. The predicted octanol–water partition coefficient (Wildman–Crippen LogP) is 0.758. The van der Waals surface area contributed by atoms with E-state index in [1.54, 1.807) is 17.3 Å². The first-order valence-corrected chi connectivity index (χ1v) is 7.61. The van der Waals surface area contributed by atoms with Crippen molar-refractivity contribution in [1.29, 1.82) is 0 Å². The Morgan fingerprint density at radius 1 is 1.24 bits per heavy atom. The molecule has 6 heteroatoms. The molecule has 3 heterocycles. The third-order valence-electron chi connectivity index (χ3n) is 4.23. The van der Waals surface area contributed by atoms with Crippen molar-refractivity contribution in [3.63, 3.8) is 0 Å². The van der Waals surface area contributed by atoms with Gasteiger partial charge in [0.25, 0.3) is 5.91 Å². The molecule has 0 aliphatic carbocycles. The number of likely N-dealkylation sites (tertiary alicyclic amines) is 1. The number of rotatable bonds is 2. The largest absolute Gasteiger partial charge is 0.378 e. The van der Waals surface area contributed by atoms with Crippen LogP contribution in [0.2, 0.25) is 0 Å². The van der Waals surface area contributed by atoms with Gasteiger partial charge < -0.3 is 14.5 Å². The number of hydrogen-bond donors (Lipinski definition) is 0. The van der Waals surface area contributed by atoms with Crippen LogP contribution in [-0.2, 0) is 4.74 Å². The lowest BCUT2D eigenvalue weighted by molar-refractivity contribution is 0.0298. The summed E-state index contributed by atoms with van der Waals surface area (Å²) in [7, 11) is 2.13. The molecule has 0 radical (unpaired) electrons. The van der Waals surface area contributed by atoms with Crippen molar-refractivity contribution >= 4 is 5.91 Å². The van der Waals surface area contributed by atoms with Gasteiger partial charge in [0, 0.05) is 31.7 Å². The average Bonchev–Trinajstić information content (AvgIpc) is 2.55. The van der Waals surface area contributed by atoms with Crippen LogP contribution >= 0.6 is 0 Å². The van der Waals surface area contributed by atoms with Gasteiger partial charge in [-0.2, -0.15) is 0 Å². The fourth-order valence-corrected chi connectivity index (χ4v) is 3.00. The molecule has 1 amide bonds. The maximum absolute atomic E-state index is 12.3. The lowest BCUT2D eigenvalue weighted by Gasteiger charge is -2.29. The van der Waals surface area contributed by atoms with E-state index in [9.17, 15) is 4.79 Å². The van der Waals surface area contributed by atoms with Gasteiger partial charge in [-0.05, 0) is 26.4 Å². The minimum atomic E-state index is -0.0434. The minimum absolute atomic E-state index is 0.0434. The van der Waals surface area contributed by atoms with Crippen molar-refractivity contribution < 1.29 is 9.53 Å². The van der Waals surface area contributed by atoms with E-state index in [4.69, 9.17) is 4.74 Å². The van der Waals surface area contributed by atoms with Crippen LogP contribution < -0.4 is 0 Å². The Labute approximate surface area is 125 Å². The summed E-state index contributed by atoms with van der Waals surface area (Å²) in [5.74, 6) is 0.391. The maximum atomic E-state index is 12.3. The van der Waals surface area contributed by atoms with E-state index in [2.05, 4.69) is 21.9 Å². The second kappa shape index (κ2) is 6.49. The van der Waals surface area contributed by atoms with E-state index < -0.39 is 0 Å². The van der Waals surface area contributed by atoms with E-state index in [0.29, 0.717) is 37.9 Å². The number of aromatic nitrogens is 2. The van der Waals surface area contributed by atoms with Gasteiger partial charge in [-0.25, -0.2) is 4.98 Å². The third-order valence-corrected chi connectivity index (χ3v) is 4.23. The Hall–Kier alpha value is -1.53. The second-order valence-electron chi connectivity index (χ2n) is 5.83. The van der Waals surface area contributed by atoms with Crippen molar-refractivity contribution in [2.24, 2.45) is 0 Å². The molecule has 114 valence electrons. The van der Waals surface area contributed by atoms with Crippen LogP contribution in [0.25, 0.3) is 0 Å². The summed E-state index contributed by atoms with van der Waals surface area (Å²) in [4.78, 5) is 25.2. The topological polar surface area (TPSA) is 58.6 Å². The van der Waals surface area contributed by atoms with E-state index in [1.165, 1.54) is 6.42 Å². The molecule has 2 aliphatic heterocycles. The molecule has 3 rings (SSSR count). The molecule has 0 saturated carbocycles. The summed E-state index contributed by atoms with van der Waals surface area (Å²) < 4.78 is 5.26. The average molecular weight is 290 g/mol. The SMILES string of the molecule is CN1CCC[C@@H](c2cnc(C(=O)N3CCOCC3)cn2)C1. The highest BCUT2D eigenvalue weighted by Crippen LogP contribution is 2.24. The summed E-state index contributed by atoms with van der Waals surface area (Å²) in [5.41, 5.74) is 1.44. The smallest absolute Gasteiger partial charge is 0.274 e. The molecule has 0 aromatic carbocycles. The van der Waals surface area contributed by atoms with Gasteiger partial charge in [-0.15, -0.1) is 0 Å². The molecule has 0 unspecified atom stereocenters. The van der Waals surface area contributed by atoms with E-state index in [1.807, 2.05) is 0 Å². The summed E-state index contributed by atoms with van der Waals surface area (Å²) in [6.07, 6.45) is 5.74. The van der Waals surface area contributed by atoms with Gasteiger partial charge in [0.15, 0.2) is 0 Å². The summed E-state index contributed by atoms with van der Waals surface area (Å²) in [6, 6.07) is 0. The molecule has 2 fully saturated rings. The number of hydrogen-bond acceptors (Lipinski definition) is 5. The fraction of sp³-hybridized carbons (Fsp3) is 0.667. The van der Waals surface area contributed by atoms with Gasteiger partial charge >= 0.3 is 0 Å². The normalized spacial score (nSPS) is 24.0. The van der Waals surface area contributed by atoms with Gasteiger partial charge in [-0.3, -0.25) is 9.78 Å². The fourth-order valence-electron chi connectivity index (χ4n) is 3.00. The molecule has 1 aromatic rings. The van der Waals surface area contributed by atoms with E-state index in [-0.39, 0.29) is 5.91 Å². The molecule has 1 atom stereocenters. The van der Waals surface area contributed by atoms with Crippen molar-refractivity contribution in [2.75, 3.05) is 46.4 Å².